The molecule has 7 nitrogen and oxygen atoms in total. The Morgan fingerprint density at radius 2 is 1.93 bits per heavy atom. The van der Waals surface area contributed by atoms with Gasteiger partial charge in [-0.05, 0) is 31.4 Å². The van der Waals surface area contributed by atoms with Crippen molar-refractivity contribution in [2.45, 2.75) is 26.7 Å². The third kappa shape index (κ3) is 4.41. The highest BCUT2D eigenvalue weighted by Gasteiger charge is 2.15. The van der Waals surface area contributed by atoms with E-state index in [1.807, 2.05) is 6.07 Å². The predicted octanol–water partition coefficient (Wildman–Crippen LogP) is 3.11. The van der Waals surface area contributed by atoms with E-state index in [0.717, 1.165) is 5.56 Å². The number of aromatic amines is 1. The van der Waals surface area contributed by atoms with Gasteiger partial charge in [0.2, 0.25) is 5.91 Å². The van der Waals surface area contributed by atoms with Crippen molar-refractivity contribution in [1.29, 1.82) is 5.26 Å². The zero-order chi connectivity index (χ0) is 20.1. The minimum atomic E-state index is -0.418. The maximum atomic E-state index is 12.4. The lowest BCUT2D eigenvalue weighted by Crippen LogP contribution is -2.18. The van der Waals surface area contributed by atoms with Crippen LogP contribution in [-0.4, -0.2) is 25.1 Å². The topological polar surface area (TPSA) is 104 Å². The van der Waals surface area contributed by atoms with Crippen molar-refractivity contribution < 1.29 is 14.3 Å². The molecule has 1 heterocycles. The number of pyridine rings is 1. The summed E-state index contributed by atoms with van der Waals surface area (Å²) in [6, 6.07) is 5.05. The third-order valence-electron chi connectivity index (χ3n) is 4.27. The number of nitrogens with one attached hydrogen (secondary N) is 2. The largest absolute Gasteiger partial charge is 0.495 e. The lowest BCUT2D eigenvalue weighted by atomic mass is 9.99. The molecule has 0 fully saturated rings. The summed E-state index contributed by atoms with van der Waals surface area (Å²) < 4.78 is 10.4. The number of hydrogen-bond acceptors (Lipinski definition) is 5. The lowest BCUT2D eigenvalue weighted by molar-refractivity contribution is -0.116. The number of methoxy groups -OCH3 is 2. The van der Waals surface area contributed by atoms with Gasteiger partial charge in [0.1, 0.15) is 23.1 Å². The second kappa shape index (κ2) is 8.60. The van der Waals surface area contributed by atoms with E-state index in [9.17, 15) is 9.59 Å². The number of anilines is 1. The number of aromatic nitrogens is 1. The summed E-state index contributed by atoms with van der Waals surface area (Å²) in [5, 5.41) is 12.3. The van der Waals surface area contributed by atoms with E-state index < -0.39 is 5.56 Å². The van der Waals surface area contributed by atoms with E-state index in [1.165, 1.54) is 14.2 Å². The Kier molecular flexibility index (Phi) is 6.48. The molecule has 8 heteroatoms. The number of halogens is 1. The highest BCUT2D eigenvalue weighted by atomic mass is 35.5. The first-order chi connectivity index (χ1) is 12.8. The third-order valence-corrected chi connectivity index (χ3v) is 4.57. The first-order valence-corrected chi connectivity index (χ1v) is 8.54. The minimum absolute atomic E-state index is 0.0696. The van der Waals surface area contributed by atoms with Crippen molar-refractivity contribution in [3.63, 3.8) is 0 Å². The maximum absolute atomic E-state index is 12.4. The summed E-state index contributed by atoms with van der Waals surface area (Å²) >= 11 is 6.06. The average molecular weight is 390 g/mol. The Bertz CT molecular complexity index is 976. The molecule has 0 saturated carbocycles. The fraction of sp³-hybridized carbons (Fsp3) is 0.316. The number of carbonyl (C=O) groups excluding carboxylic acids is 1. The van der Waals surface area contributed by atoms with Crippen LogP contribution in [0.2, 0.25) is 5.02 Å². The van der Waals surface area contributed by atoms with Gasteiger partial charge in [-0.25, -0.2) is 0 Å². The van der Waals surface area contributed by atoms with Crippen molar-refractivity contribution in [2.24, 2.45) is 0 Å². The molecule has 2 aromatic rings. The maximum Gasteiger partial charge on any atom is 0.266 e. The molecule has 142 valence electrons. The fourth-order valence-corrected chi connectivity index (χ4v) is 3.06. The summed E-state index contributed by atoms with van der Waals surface area (Å²) in [5.74, 6) is 0.581. The van der Waals surface area contributed by atoms with Crippen LogP contribution < -0.4 is 20.3 Å². The van der Waals surface area contributed by atoms with Gasteiger partial charge in [0.05, 0.1) is 24.9 Å². The molecule has 0 bridgehead atoms. The van der Waals surface area contributed by atoms with Gasteiger partial charge < -0.3 is 19.8 Å². The highest BCUT2D eigenvalue weighted by molar-refractivity contribution is 6.32. The minimum Gasteiger partial charge on any atom is -0.495 e. The van der Waals surface area contributed by atoms with Crippen molar-refractivity contribution in [3.05, 3.63) is 49.9 Å². The number of benzene rings is 1. The number of rotatable bonds is 6. The molecule has 2 rings (SSSR count). The number of nitriles is 1. The number of H-pyrrole nitrogens is 1. The second-order valence-corrected chi connectivity index (χ2v) is 6.31. The van der Waals surface area contributed by atoms with E-state index in [0.29, 0.717) is 39.9 Å². The number of hydrogen-bond donors (Lipinski definition) is 2. The molecule has 0 spiro atoms. The standard InChI is InChI=1S/C19H20ClN3O4/c1-10-12(11(2)22-19(25)13(10)9-21)5-6-18(24)23-15-8-16(26-3)14(20)7-17(15)27-4/h7-8H,5-6H2,1-4H3,(H,22,25)(H,23,24). The van der Waals surface area contributed by atoms with Crippen LogP contribution in [0.5, 0.6) is 11.5 Å². The second-order valence-electron chi connectivity index (χ2n) is 5.90. The van der Waals surface area contributed by atoms with E-state index in [1.54, 1.807) is 26.0 Å². The molecule has 0 saturated heterocycles. The van der Waals surface area contributed by atoms with Crippen molar-refractivity contribution in [2.75, 3.05) is 19.5 Å². The lowest BCUT2D eigenvalue weighted by Gasteiger charge is -2.14. The van der Waals surface area contributed by atoms with E-state index in [2.05, 4.69) is 10.3 Å². The monoisotopic (exact) mass is 389 g/mol. The van der Waals surface area contributed by atoms with Gasteiger partial charge >= 0.3 is 0 Å². The highest BCUT2D eigenvalue weighted by Crippen LogP contribution is 2.35. The summed E-state index contributed by atoms with van der Waals surface area (Å²) in [4.78, 5) is 26.8. The summed E-state index contributed by atoms with van der Waals surface area (Å²) in [7, 11) is 2.96. The number of amides is 1. The van der Waals surface area contributed by atoms with E-state index in [-0.39, 0.29) is 17.9 Å². The molecule has 1 aromatic heterocycles. The smallest absolute Gasteiger partial charge is 0.266 e. The average Bonchev–Trinajstić information content (AvgIpc) is 2.62. The van der Waals surface area contributed by atoms with E-state index in [4.69, 9.17) is 26.3 Å². The zero-order valence-corrected chi connectivity index (χ0v) is 16.3. The Hall–Kier alpha value is -2.98. The Morgan fingerprint density at radius 3 is 2.52 bits per heavy atom. The van der Waals surface area contributed by atoms with Crippen LogP contribution in [0.4, 0.5) is 5.69 Å². The number of aryl methyl sites for hydroxylation is 1. The molecule has 0 aliphatic carbocycles. The van der Waals surface area contributed by atoms with Crippen molar-refractivity contribution in [3.8, 4) is 17.6 Å². The normalized spacial score (nSPS) is 10.2. The van der Waals surface area contributed by atoms with Gasteiger partial charge in [0.25, 0.3) is 5.56 Å². The summed E-state index contributed by atoms with van der Waals surface area (Å²) in [5.41, 5.74) is 2.12. The molecule has 0 aliphatic heterocycles. The molecule has 2 N–H and O–H groups in total. The van der Waals surface area contributed by atoms with Crippen LogP contribution in [0.3, 0.4) is 0 Å². The first-order valence-electron chi connectivity index (χ1n) is 8.16. The quantitative estimate of drug-likeness (QED) is 0.789. The Labute approximate surface area is 161 Å². The SMILES string of the molecule is COc1cc(NC(=O)CCc2c(C)[nH]c(=O)c(C#N)c2C)c(OC)cc1Cl. The summed E-state index contributed by atoms with van der Waals surface area (Å²) in [6.07, 6.45) is 0.536. The van der Waals surface area contributed by atoms with Crippen LogP contribution in [-0.2, 0) is 11.2 Å². The molecule has 0 radical (unpaired) electrons. The van der Waals surface area contributed by atoms with Crippen LogP contribution in [0, 0.1) is 25.2 Å². The molecular weight excluding hydrogens is 370 g/mol. The Balaban J connectivity index is 2.19. The molecule has 0 unspecified atom stereocenters. The number of carbonyl (C=O) groups is 1. The van der Waals surface area contributed by atoms with Crippen molar-refractivity contribution >= 4 is 23.2 Å². The number of nitrogens with zero attached hydrogens (tertiary/aromatic N) is 1. The van der Waals surface area contributed by atoms with Gasteiger partial charge in [-0.1, -0.05) is 11.6 Å². The fourth-order valence-electron chi connectivity index (χ4n) is 2.83. The van der Waals surface area contributed by atoms with Crippen LogP contribution in [0.15, 0.2) is 16.9 Å². The van der Waals surface area contributed by atoms with Crippen LogP contribution in [0.1, 0.15) is 28.8 Å². The Morgan fingerprint density at radius 1 is 1.26 bits per heavy atom. The molecule has 0 atom stereocenters. The molecule has 1 aromatic carbocycles. The molecular formula is C19H20ClN3O4. The van der Waals surface area contributed by atoms with E-state index >= 15 is 0 Å². The van der Waals surface area contributed by atoms with Gasteiger partial charge in [-0.2, -0.15) is 5.26 Å². The molecule has 27 heavy (non-hydrogen) atoms. The van der Waals surface area contributed by atoms with Gasteiger partial charge in [-0.15, -0.1) is 0 Å². The molecule has 1 amide bonds. The van der Waals surface area contributed by atoms with Crippen molar-refractivity contribution in [1.82, 2.24) is 4.98 Å². The van der Waals surface area contributed by atoms with Crippen LogP contribution in [0.25, 0.3) is 0 Å². The zero-order valence-electron chi connectivity index (χ0n) is 15.5. The van der Waals surface area contributed by atoms with Gasteiger partial charge in [0.15, 0.2) is 0 Å². The molecule has 0 aliphatic rings. The predicted molar refractivity (Wildman–Crippen MR) is 103 cm³/mol. The van der Waals surface area contributed by atoms with Crippen LogP contribution >= 0.6 is 11.6 Å². The summed E-state index contributed by atoms with van der Waals surface area (Å²) in [6.45, 7) is 3.46. The van der Waals surface area contributed by atoms with Gasteiger partial charge in [0, 0.05) is 24.2 Å². The van der Waals surface area contributed by atoms with Gasteiger partial charge in [-0.3, -0.25) is 9.59 Å². The number of ether oxygens (including phenoxy) is 2. The first kappa shape index (κ1) is 20.3.